The molecule has 1 aromatic heterocycles. The van der Waals surface area contributed by atoms with Gasteiger partial charge in [-0.15, -0.1) is 0 Å². The number of carbonyl (C=O) groups is 1. The van der Waals surface area contributed by atoms with E-state index in [1.54, 1.807) is 12.1 Å². The van der Waals surface area contributed by atoms with Gasteiger partial charge in [-0.3, -0.25) is 9.89 Å². The van der Waals surface area contributed by atoms with Crippen molar-refractivity contribution >= 4 is 5.91 Å². The van der Waals surface area contributed by atoms with Gasteiger partial charge in [-0.05, 0) is 42.7 Å². The zero-order valence-corrected chi connectivity index (χ0v) is 18.1. The molecule has 1 aliphatic rings. The van der Waals surface area contributed by atoms with E-state index >= 15 is 0 Å². The molecule has 4 rings (SSSR count). The zero-order valence-electron chi connectivity index (χ0n) is 18.1. The van der Waals surface area contributed by atoms with E-state index in [9.17, 15) is 9.90 Å². The van der Waals surface area contributed by atoms with Crippen LogP contribution in [0.4, 0.5) is 0 Å². The minimum atomic E-state index is -0.259. The summed E-state index contributed by atoms with van der Waals surface area (Å²) < 4.78 is 5.85. The summed E-state index contributed by atoms with van der Waals surface area (Å²) in [6.07, 6.45) is 4.22. The van der Waals surface area contributed by atoms with Crippen molar-refractivity contribution in [3.8, 4) is 22.8 Å². The number of rotatable bonds is 9. The lowest BCUT2D eigenvalue weighted by Crippen LogP contribution is -2.30. The Morgan fingerprint density at radius 3 is 2.55 bits per heavy atom. The fourth-order valence-electron chi connectivity index (χ4n) is 4.18. The van der Waals surface area contributed by atoms with Crippen LogP contribution in [-0.2, 0) is 0 Å². The summed E-state index contributed by atoms with van der Waals surface area (Å²) in [7, 11) is 0. The predicted molar refractivity (Wildman–Crippen MR) is 120 cm³/mol. The van der Waals surface area contributed by atoms with Gasteiger partial charge < -0.3 is 14.7 Å². The largest absolute Gasteiger partial charge is 0.507 e. The lowest BCUT2D eigenvalue weighted by molar-refractivity contribution is 0.0744. The van der Waals surface area contributed by atoms with Crippen LogP contribution in [0, 0.1) is 0 Å². The molecule has 31 heavy (non-hydrogen) atoms. The standard InChI is InChI=1S/C25H29N3O3/c1-3-5-8-16-31-18-13-11-17(12-14-18)24-21-22(19-9-6-7-10-20(19)29)26-27-23(21)25(30)28(24)15-4-2/h6-7,9-14,24,29H,3-5,8,15-16H2,1-2H3,(H,26,27)/t24-/m1/s1. The molecular formula is C25H29N3O3. The summed E-state index contributed by atoms with van der Waals surface area (Å²) in [6.45, 7) is 5.58. The Kier molecular flexibility index (Phi) is 6.26. The third kappa shape index (κ3) is 4.02. The number of hydrogen-bond donors (Lipinski definition) is 2. The molecule has 2 heterocycles. The summed E-state index contributed by atoms with van der Waals surface area (Å²) in [5.41, 5.74) is 3.55. The van der Waals surface area contributed by atoms with Crippen LogP contribution in [0.2, 0.25) is 0 Å². The number of nitrogens with one attached hydrogen (secondary N) is 1. The van der Waals surface area contributed by atoms with Gasteiger partial charge in [0.15, 0.2) is 0 Å². The van der Waals surface area contributed by atoms with Crippen LogP contribution in [0.25, 0.3) is 11.3 Å². The Hall–Kier alpha value is -3.28. The number of hydrogen-bond acceptors (Lipinski definition) is 4. The minimum absolute atomic E-state index is 0.0593. The van der Waals surface area contributed by atoms with Crippen molar-refractivity contribution in [1.82, 2.24) is 15.1 Å². The number of ether oxygens (including phenoxy) is 1. The molecule has 3 aromatic rings. The van der Waals surface area contributed by atoms with Crippen LogP contribution in [0.15, 0.2) is 48.5 Å². The van der Waals surface area contributed by atoms with Gasteiger partial charge in [-0.1, -0.05) is 51.0 Å². The van der Waals surface area contributed by atoms with Gasteiger partial charge in [0.05, 0.1) is 12.6 Å². The number of phenolic OH excluding ortho intramolecular Hbond substituents is 1. The molecule has 2 N–H and O–H groups in total. The van der Waals surface area contributed by atoms with Gasteiger partial charge in [0.1, 0.15) is 22.9 Å². The lowest BCUT2D eigenvalue weighted by atomic mass is 9.95. The predicted octanol–water partition coefficient (Wildman–Crippen LogP) is 5.31. The van der Waals surface area contributed by atoms with Crippen molar-refractivity contribution in [2.24, 2.45) is 0 Å². The molecule has 0 saturated heterocycles. The van der Waals surface area contributed by atoms with Gasteiger partial charge in [0, 0.05) is 17.7 Å². The highest BCUT2D eigenvalue weighted by molar-refractivity contribution is 6.00. The van der Waals surface area contributed by atoms with E-state index in [0.717, 1.165) is 42.6 Å². The van der Waals surface area contributed by atoms with Gasteiger partial charge >= 0.3 is 0 Å². The molecule has 0 unspecified atom stereocenters. The second kappa shape index (κ2) is 9.25. The molecule has 1 amide bonds. The number of aromatic hydroxyl groups is 1. The van der Waals surface area contributed by atoms with E-state index in [1.807, 2.05) is 41.3 Å². The highest BCUT2D eigenvalue weighted by Crippen LogP contribution is 2.44. The molecule has 6 heteroatoms. The average Bonchev–Trinajstić information content (AvgIpc) is 3.32. The highest BCUT2D eigenvalue weighted by atomic mass is 16.5. The van der Waals surface area contributed by atoms with Crippen molar-refractivity contribution in [3.63, 3.8) is 0 Å². The number of fused-ring (bicyclic) bond motifs is 1. The summed E-state index contributed by atoms with van der Waals surface area (Å²) >= 11 is 0. The summed E-state index contributed by atoms with van der Waals surface area (Å²) in [5, 5.41) is 17.7. The summed E-state index contributed by atoms with van der Waals surface area (Å²) in [5.74, 6) is 0.920. The fraction of sp³-hybridized carbons (Fsp3) is 0.360. The topological polar surface area (TPSA) is 78.5 Å². The number of aromatic amines is 1. The first kappa shape index (κ1) is 21.0. The maximum atomic E-state index is 13.1. The molecule has 0 aliphatic carbocycles. The quantitative estimate of drug-likeness (QED) is 0.461. The highest BCUT2D eigenvalue weighted by Gasteiger charge is 2.42. The fourth-order valence-corrected chi connectivity index (χ4v) is 4.18. The lowest BCUT2D eigenvalue weighted by Gasteiger charge is -2.26. The number of aromatic nitrogens is 2. The van der Waals surface area contributed by atoms with Crippen LogP contribution in [0.5, 0.6) is 11.5 Å². The molecule has 0 bridgehead atoms. The first-order valence-electron chi connectivity index (χ1n) is 11.1. The molecule has 2 aromatic carbocycles. The minimum Gasteiger partial charge on any atom is -0.507 e. The van der Waals surface area contributed by atoms with E-state index in [1.165, 1.54) is 0 Å². The van der Waals surface area contributed by atoms with Crippen LogP contribution in [0.1, 0.15) is 67.2 Å². The number of para-hydroxylation sites is 1. The average molecular weight is 420 g/mol. The molecule has 1 atom stereocenters. The number of amides is 1. The number of nitrogens with zero attached hydrogens (tertiary/aromatic N) is 2. The maximum absolute atomic E-state index is 13.1. The van der Waals surface area contributed by atoms with Crippen LogP contribution in [-0.4, -0.2) is 39.3 Å². The Labute approximate surface area is 182 Å². The number of H-pyrrole nitrogens is 1. The number of unbranched alkanes of at least 4 members (excludes halogenated alkanes) is 2. The number of phenols is 1. The van der Waals surface area contributed by atoms with Crippen LogP contribution in [0.3, 0.4) is 0 Å². The molecular weight excluding hydrogens is 390 g/mol. The van der Waals surface area contributed by atoms with Gasteiger partial charge in [0.25, 0.3) is 5.91 Å². The van der Waals surface area contributed by atoms with E-state index in [0.29, 0.717) is 30.1 Å². The monoisotopic (exact) mass is 419 g/mol. The van der Waals surface area contributed by atoms with E-state index in [4.69, 9.17) is 4.74 Å². The third-order valence-corrected chi connectivity index (χ3v) is 5.70. The van der Waals surface area contributed by atoms with Gasteiger partial charge in [-0.25, -0.2) is 0 Å². The summed E-state index contributed by atoms with van der Waals surface area (Å²) in [4.78, 5) is 15.0. The van der Waals surface area contributed by atoms with Crippen molar-refractivity contribution < 1.29 is 14.6 Å². The molecule has 0 fully saturated rings. The SMILES string of the molecule is CCCCCOc1ccc([C@@H]2c3c(-c4ccccc4O)n[nH]c3C(=O)N2CCC)cc1. The third-order valence-electron chi connectivity index (χ3n) is 5.70. The zero-order chi connectivity index (χ0) is 21.8. The molecule has 162 valence electrons. The van der Waals surface area contributed by atoms with Crippen molar-refractivity contribution in [1.29, 1.82) is 0 Å². The second-order valence-electron chi connectivity index (χ2n) is 7.90. The number of carbonyl (C=O) groups excluding carboxylic acids is 1. The van der Waals surface area contributed by atoms with Gasteiger partial charge in [-0.2, -0.15) is 5.10 Å². The van der Waals surface area contributed by atoms with Crippen molar-refractivity contribution in [2.45, 2.75) is 45.6 Å². The second-order valence-corrected chi connectivity index (χ2v) is 7.90. The maximum Gasteiger partial charge on any atom is 0.273 e. The Balaban J connectivity index is 1.69. The van der Waals surface area contributed by atoms with Crippen LogP contribution < -0.4 is 4.74 Å². The first-order chi connectivity index (χ1) is 15.2. The molecule has 0 saturated carbocycles. The molecule has 0 spiro atoms. The van der Waals surface area contributed by atoms with Gasteiger partial charge in [0.2, 0.25) is 0 Å². The van der Waals surface area contributed by atoms with E-state index in [2.05, 4.69) is 24.0 Å². The first-order valence-corrected chi connectivity index (χ1v) is 11.1. The normalized spacial score (nSPS) is 15.4. The van der Waals surface area contributed by atoms with E-state index in [-0.39, 0.29) is 17.7 Å². The van der Waals surface area contributed by atoms with E-state index < -0.39 is 0 Å². The molecule has 0 radical (unpaired) electrons. The smallest absolute Gasteiger partial charge is 0.273 e. The Bertz CT molecular complexity index is 1040. The molecule has 6 nitrogen and oxygen atoms in total. The Morgan fingerprint density at radius 1 is 1.06 bits per heavy atom. The molecule has 1 aliphatic heterocycles. The summed E-state index contributed by atoms with van der Waals surface area (Å²) in [6, 6.07) is 14.8. The van der Waals surface area contributed by atoms with Crippen molar-refractivity contribution in [2.75, 3.05) is 13.2 Å². The Morgan fingerprint density at radius 2 is 1.84 bits per heavy atom. The van der Waals surface area contributed by atoms with Crippen molar-refractivity contribution in [3.05, 3.63) is 65.4 Å². The van der Waals surface area contributed by atoms with Crippen LogP contribution >= 0.6 is 0 Å². The number of benzene rings is 2.